The number of hydrogen-bond acceptors (Lipinski definition) is 5. The van der Waals surface area contributed by atoms with Crippen molar-refractivity contribution >= 4 is 28.1 Å². The van der Waals surface area contributed by atoms with E-state index in [1.807, 2.05) is 26.0 Å². The molecule has 0 unspecified atom stereocenters. The molecule has 2 rings (SSSR count). The summed E-state index contributed by atoms with van der Waals surface area (Å²) in [7, 11) is 1.60. The van der Waals surface area contributed by atoms with Crippen LogP contribution in [0.5, 0.6) is 11.5 Å². The summed E-state index contributed by atoms with van der Waals surface area (Å²) >= 11 is 3.49. The van der Waals surface area contributed by atoms with Gasteiger partial charge in [-0.25, -0.2) is 9.66 Å². The van der Waals surface area contributed by atoms with Crippen LogP contribution < -0.4 is 15.2 Å². The summed E-state index contributed by atoms with van der Waals surface area (Å²) in [6.07, 6.45) is 3.44. The van der Waals surface area contributed by atoms with Crippen LogP contribution >= 0.6 is 15.9 Å². The Balaban J connectivity index is 2.35. The average Bonchev–Trinajstić information content (AvgIpc) is 2.77. The summed E-state index contributed by atoms with van der Waals surface area (Å²) in [4.78, 5) is 4.09. The van der Waals surface area contributed by atoms with E-state index >= 15 is 0 Å². The molecular formula is C14H17BrN4O2. The smallest absolute Gasteiger partial charge is 0.221 e. The van der Waals surface area contributed by atoms with Crippen LogP contribution in [0.1, 0.15) is 18.2 Å². The van der Waals surface area contributed by atoms with Gasteiger partial charge in [0.15, 0.2) is 11.5 Å². The maximum atomic E-state index is 5.75. The van der Waals surface area contributed by atoms with Gasteiger partial charge < -0.3 is 15.2 Å². The van der Waals surface area contributed by atoms with Crippen molar-refractivity contribution in [1.29, 1.82) is 0 Å². The molecule has 6 nitrogen and oxygen atoms in total. The first-order valence-electron chi connectivity index (χ1n) is 6.41. The average molecular weight is 353 g/mol. The second-order valence-corrected chi connectivity index (χ2v) is 5.14. The molecule has 0 radical (unpaired) electrons. The maximum Gasteiger partial charge on any atom is 0.221 e. The van der Waals surface area contributed by atoms with Crippen molar-refractivity contribution in [1.82, 2.24) is 9.66 Å². The predicted octanol–water partition coefficient (Wildman–Crippen LogP) is 2.83. The van der Waals surface area contributed by atoms with E-state index in [1.165, 1.54) is 4.68 Å². The van der Waals surface area contributed by atoms with Crippen LogP contribution in [0.2, 0.25) is 0 Å². The van der Waals surface area contributed by atoms with Gasteiger partial charge in [-0.05, 0) is 41.9 Å². The van der Waals surface area contributed by atoms with E-state index in [9.17, 15) is 0 Å². The first-order chi connectivity index (χ1) is 10.0. The van der Waals surface area contributed by atoms with E-state index in [-0.39, 0.29) is 0 Å². The van der Waals surface area contributed by atoms with E-state index in [0.717, 1.165) is 15.7 Å². The fourth-order valence-electron chi connectivity index (χ4n) is 1.80. The number of ether oxygens (including phenoxy) is 2. The van der Waals surface area contributed by atoms with E-state index in [1.54, 1.807) is 19.5 Å². The van der Waals surface area contributed by atoms with Gasteiger partial charge in [-0.3, -0.25) is 0 Å². The van der Waals surface area contributed by atoms with Gasteiger partial charge in [-0.2, -0.15) is 5.10 Å². The van der Waals surface area contributed by atoms with Gasteiger partial charge >= 0.3 is 0 Å². The molecule has 0 aliphatic carbocycles. The molecule has 1 heterocycles. The molecule has 0 saturated carbocycles. The molecule has 1 aromatic carbocycles. The first kappa shape index (κ1) is 15.4. The summed E-state index contributed by atoms with van der Waals surface area (Å²) in [5, 5.41) is 4.29. The van der Waals surface area contributed by atoms with Crippen molar-refractivity contribution in [2.75, 3.05) is 19.5 Å². The zero-order valence-corrected chi connectivity index (χ0v) is 13.7. The molecule has 2 N–H and O–H groups in total. The van der Waals surface area contributed by atoms with E-state index in [4.69, 9.17) is 15.2 Å². The van der Waals surface area contributed by atoms with Crippen molar-refractivity contribution in [3.8, 4) is 11.5 Å². The van der Waals surface area contributed by atoms with Crippen molar-refractivity contribution in [3.05, 3.63) is 34.1 Å². The van der Waals surface area contributed by atoms with Crippen LogP contribution in [-0.4, -0.2) is 29.6 Å². The number of nitrogens with two attached hydrogens (primary N) is 1. The molecule has 7 heteroatoms. The van der Waals surface area contributed by atoms with Crippen LogP contribution in [0, 0.1) is 6.92 Å². The third kappa shape index (κ3) is 3.55. The highest BCUT2D eigenvalue weighted by atomic mass is 79.9. The van der Waals surface area contributed by atoms with E-state index in [0.29, 0.717) is 24.1 Å². The van der Waals surface area contributed by atoms with E-state index in [2.05, 4.69) is 26.0 Å². The Hall–Kier alpha value is -2.02. The first-order valence-corrected chi connectivity index (χ1v) is 7.20. The number of halogens is 1. The number of nitrogens with zero attached hydrogens (tertiary/aromatic N) is 3. The van der Waals surface area contributed by atoms with Crippen LogP contribution in [0.3, 0.4) is 0 Å². The van der Waals surface area contributed by atoms with Gasteiger partial charge in [-0.15, -0.1) is 0 Å². The number of anilines is 1. The molecule has 21 heavy (non-hydrogen) atoms. The Morgan fingerprint density at radius 3 is 2.76 bits per heavy atom. The third-order valence-electron chi connectivity index (χ3n) is 2.74. The third-order valence-corrected chi connectivity index (χ3v) is 3.43. The minimum Gasteiger partial charge on any atom is -0.493 e. The summed E-state index contributed by atoms with van der Waals surface area (Å²) < 4.78 is 13.2. The van der Waals surface area contributed by atoms with Gasteiger partial charge in [0.2, 0.25) is 5.95 Å². The van der Waals surface area contributed by atoms with Crippen molar-refractivity contribution in [2.24, 2.45) is 5.10 Å². The fraction of sp³-hybridized carbons (Fsp3) is 0.286. The SMILES string of the molecule is CCOc1cc(C=Nn2cc(C)nc2N)c(Br)cc1OC. The molecule has 0 spiro atoms. The highest BCUT2D eigenvalue weighted by Crippen LogP contribution is 2.32. The summed E-state index contributed by atoms with van der Waals surface area (Å²) in [5.41, 5.74) is 7.41. The zero-order valence-electron chi connectivity index (χ0n) is 12.1. The number of aryl methyl sites for hydroxylation is 1. The zero-order chi connectivity index (χ0) is 15.4. The maximum absolute atomic E-state index is 5.75. The Kier molecular flexibility index (Phi) is 4.85. The summed E-state index contributed by atoms with van der Waals surface area (Å²) in [5.74, 6) is 1.68. The van der Waals surface area contributed by atoms with E-state index < -0.39 is 0 Å². The lowest BCUT2D eigenvalue weighted by molar-refractivity contribution is 0.311. The molecule has 0 aliphatic rings. The Labute approximate surface area is 131 Å². The molecular weight excluding hydrogens is 336 g/mol. The Morgan fingerprint density at radius 1 is 1.43 bits per heavy atom. The number of hydrogen-bond donors (Lipinski definition) is 1. The van der Waals surface area contributed by atoms with Gasteiger partial charge in [0, 0.05) is 10.0 Å². The topological polar surface area (TPSA) is 74.7 Å². The van der Waals surface area contributed by atoms with Gasteiger partial charge in [0.25, 0.3) is 0 Å². The molecule has 0 atom stereocenters. The van der Waals surface area contributed by atoms with Gasteiger partial charge in [0.05, 0.1) is 31.8 Å². The standard InChI is InChI=1S/C14H17BrN4O2/c1-4-21-13-5-10(11(15)6-12(13)20-3)7-17-19-8-9(2)18-14(19)16/h5-8H,4H2,1-3H3,(H2,16,18). The molecule has 2 aromatic rings. The van der Waals surface area contributed by atoms with Crippen LogP contribution in [-0.2, 0) is 0 Å². The second kappa shape index (κ2) is 6.62. The normalized spacial score (nSPS) is 11.0. The summed E-state index contributed by atoms with van der Waals surface area (Å²) in [6, 6.07) is 3.70. The molecule has 0 fully saturated rings. The van der Waals surface area contributed by atoms with Crippen LogP contribution in [0.15, 0.2) is 27.9 Å². The molecule has 0 saturated heterocycles. The fourth-order valence-corrected chi connectivity index (χ4v) is 2.22. The number of methoxy groups -OCH3 is 1. The quantitative estimate of drug-likeness (QED) is 0.839. The van der Waals surface area contributed by atoms with Crippen molar-refractivity contribution in [3.63, 3.8) is 0 Å². The summed E-state index contributed by atoms with van der Waals surface area (Å²) in [6.45, 7) is 4.34. The van der Waals surface area contributed by atoms with Gasteiger partial charge in [-0.1, -0.05) is 0 Å². The number of rotatable bonds is 5. The lowest BCUT2D eigenvalue weighted by atomic mass is 10.2. The minimum atomic E-state index is 0.346. The lowest BCUT2D eigenvalue weighted by Crippen LogP contribution is -1.99. The molecule has 112 valence electrons. The predicted molar refractivity (Wildman–Crippen MR) is 86.2 cm³/mol. The second-order valence-electron chi connectivity index (χ2n) is 4.29. The van der Waals surface area contributed by atoms with Crippen molar-refractivity contribution < 1.29 is 9.47 Å². The monoisotopic (exact) mass is 352 g/mol. The van der Waals surface area contributed by atoms with Crippen LogP contribution in [0.4, 0.5) is 5.95 Å². The molecule has 0 bridgehead atoms. The molecule has 0 amide bonds. The van der Waals surface area contributed by atoms with Crippen LogP contribution in [0.25, 0.3) is 0 Å². The Morgan fingerprint density at radius 2 is 2.19 bits per heavy atom. The highest BCUT2D eigenvalue weighted by molar-refractivity contribution is 9.10. The molecule has 1 aromatic heterocycles. The largest absolute Gasteiger partial charge is 0.493 e. The molecule has 0 aliphatic heterocycles. The number of nitrogen functional groups attached to an aromatic ring is 1. The number of benzene rings is 1. The number of imidazole rings is 1. The highest BCUT2D eigenvalue weighted by Gasteiger charge is 2.09. The van der Waals surface area contributed by atoms with Crippen molar-refractivity contribution in [2.45, 2.75) is 13.8 Å². The minimum absolute atomic E-state index is 0.346. The Bertz CT molecular complexity index is 667. The lowest BCUT2D eigenvalue weighted by Gasteiger charge is -2.11. The van der Waals surface area contributed by atoms with Gasteiger partial charge in [0.1, 0.15) is 0 Å². The number of aromatic nitrogens is 2.